The summed E-state index contributed by atoms with van der Waals surface area (Å²) in [6.45, 7) is 1.62. The lowest BCUT2D eigenvalue weighted by Gasteiger charge is -2.12. The van der Waals surface area contributed by atoms with Crippen molar-refractivity contribution in [1.82, 2.24) is 0 Å². The quantitative estimate of drug-likeness (QED) is 0.847. The lowest BCUT2D eigenvalue weighted by molar-refractivity contribution is 0.295. The molecule has 1 rings (SSSR count). The van der Waals surface area contributed by atoms with Gasteiger partial charge < -0.3 is 5.11 Å². The van der Waals surface area contributed by atoms with Crippen LogP contribution in [0.3, 0.4) is 0 Å². The molecule has 0 amide bonds. The smallest absolute Gasteiger partial charge is 0.150 e. The summed E-state index contributed by atoms with van der Waals surface area (Å²) >= 11 is 0. The highest BCUT2D eigenvalue weighted by Gasteiger charge is 2.17. The SMILES string of the molecule is C[C@@H](CS(=O)(=O)CCCO)c1cccc(F)c1. The average molecular weight is 260 g/mol. The van der Waals surface area contributed by atoms with E-state index in [4.69, 9.17) is 5.11 Å². The number of sulfone groups is 1. The highest BCUT2D eigenvalue weighted by Crippen LogP contribution is 2.18. The number of halogens is 1. The topological polar surface area (TPSA) is 54.4 Å². The molecular weight excluding hydrogens is 243 g/mol. The minimum Gasteiger partial charge on any atom is -0.396 e. The van der Waals surface area contributed by atoms with Crippen molar-refractivity contribution in [2.45, 2.75) is 19.3 Å². The minimum absolute atomic E-state index is 0.0174. The monoisotopic (exact) mass is 260 g/mol. The number of benzene rings is 1. The molecule has 96 valence electrons. The molecule has 3 nitrogen and oxygen atoms in total. The van der Waals surface area contributed by atoms with Crippen LogP contribution in [-0.2, 0) is 9.84 Å². The molecule has 5 heteroatoms. The van der Waals surface area contributed by atoms with Crippen molar-refractivity contribution in [3.8, 4) is 0 Å². The highest BCUT2D eigenvalue weighted by atomic mass is 32.2. The van der Waals surface area contributed by atoms with E-state index in [9.17, 15) is 12.8 Å². The van der Waals surface area contributed by atoms with E-state index < -0.39 is 9.84 Å². The third-order valence-electron chi connectivity index (χ3n) is 2.54. The molecule has 0 unspecified atom stereocenters. The van der Waals surface area contributed by atoms with Crippen LogP contribution in [0.2, 0.25) is 0 Å². The van der Waals surface area contributed by atoms with Crippen molar-refractivity contribution >= 4 is 9.84 Å². The van der Waals surface area contributed by atoms with Crippen molar-refractivity contribution in [2.75, 3.05) is 18.1 Å². The Hall–Kier alpha value is -0.940. The number of aliphatic hydroxyl groups excluding tert-OH is 1. The molecule has 0 aliphatic carbocycles. The van der Waals surface area contributed by atoms with Crippen molar-refractivity contribution in [2.24, 2.45) is 0 Å². The lowest BCUT2D eigenvalue weighted by atomic mass is 10.0. The van der Waals surface area contributed by atoms with E-state index in [0.717, 1.165) is 0 Å². The van der Waals surface area contributed by atoms with Gasteiger partial charge in [0.05, 0.1) is 11.5 Å². The van der Waals surface area contributed by atoms with Crippen molar-refractivity contribution in [1.29, 1.82) is 0 Å². The van der Waals surface area contributed by atoms with Gasteiger partial charge in [0.25, 0.3) is 0 Å². The van der Waals surface area contributed by atoms with Crippen LogP contribution >= 0.6 is 0 Å². The maximum Gasteiger partial charge on any atom is 0.150 e. The van der Waals surface area contributed by atoms with Gasteiger partial charge >= 0.3 is 0 Å². The molecule has 1 aromatic rings. The maximum absolute atomic E-state index is 13.0. The Bertz CT molecular complexity index is 457. The van der Waals surface area contributed by atoms with Crippen LogP contribution in [0.4, 0.5) is 4.39 Å². The summed E-state index contributed by atoms with van der Waals surface area (Å²) in [5, 5.41) is 8.60. The summed E-state index contributed by atoms with van der Waals surface area (Å²) in [7, 11) is -3.19. The molecule has 0 aliphatic rings. The van der Waals surface area contributed by atoms with E-state index in [1.807, 2.05) is 0 Å². The molecule has 0 fully saturated rings. The van der Waals surface area contributed by atoms with Gasteiger partial charge in [-0.25, -0.2) is 12.8 Å². The van der Waals surface area contributed by atoms with E-state index in [0.29, 0.717) is 5.56 Å². The van der Waals surface area contributed by atoms with Crippen LogP contribution in [0, 0.1) is 5.82 Å². The molecule has 0 saturated carbocycles. The van der Waals surface area contributed by atoms with E-state index >= 15 is 0 Å². The van der Waals surface area contributed by atoms with Crippen LogP contribution in [0.5, 0.6) is 0 Å². The first-order valence-electron chi connectivity index (χ1n) is 5.51. The van der Waals surface area contributed by atoms with Crippen LogP contribution in [0.1, 0.15) is 24.8 Å². The van der Waals surface area contributed by atoms with Gasteiger partial charge in [-0.05, 0) is 30.0 Å². The van der Waals surface area contributed by atoms with Gasteiger partial charge in [0, 0.05) is 6.61 Å². The standard InChI is InChI=1S/C12H17FO3S/c1-10(9-17(15,16)7-3-6-14)11-4-2-5-12(13)8-11/h2,4-5,8,10,14H,3,6-7,9H2,1H3/t10-/m0/s1. The summed E-state index contributed by atoms with van der Waals surface area (Å²) in [6.07, 6.45) is 0.248. The summed E-state index contributed by atoms with van der Waals surface area (Å²) < 4.78 is 36.3. The van der Waals surface area contributed by atoms with E-state index in [2.05, 4.69) is 0 Å². The third-order valence-corrected chi connectivity index (χ3v) is 4.45. The fourth-order valence-electron chi connectivity index (χ4n) is 1.66. The van der Waals surface area contributed by atoms with E-state index in [-0.39, 0.29) is 36.3 Å². The molecule has 17 heavy (non-hydrogen) atoms. The Morgan fingerprint density at radius 1 is 1.41 bits per heavy atom. The number of hydrogen-bond acceptors (Lipinski definition) is 3. The van der Waals surface area contributed by atoms with Gasteiger partial charge in [-0.2, -0.15) is 0 Å². The van der Waals surface area contributed by atoms with Gasteiger partial charge in [0.2, 0.25) is 0 Å². The largest absolute Gasteiger partial charge is 0.396 e. The van der Waals surface area contributed by atoms with Gasteiger partial charge in [-0.15, -0.1) is 0 Å². The molecule has 0 heterocycles. The molecule has 0 saturated heterocycles. The Morgan fingerprint density at radius 2 is 2.12 bits per heavy atom. The summed E-state index contributed by atoms with van der Waals surface area (Å²) in [5.74, 6) is -0.643. The zero-order valence-electron chi connectivity index (χ0n) is 9.77. The van der Waals surface area contributed by atoms with Crippen molar-refractivity contribution < 1.29 is 17.9 Å². The van der Waals surface area contributed by atoms with Gasteiger partial charge in [0.1, 0.15) is 5.82 Å². The number of hydrogen-bond donors (Lipinski definition) is 1. The van der Waals surface area contributed by atoms with Crippen molar-refractivity contribution in [3.63, 3.8) is 0 Å². The fraction of sp³-hybridized carbons (Fsp3) is 0.500. The lowest BCUT2D eigenvalue weighted by Crippen LogP contribution is -2.17. The zero-order valence-corrected chi connectivity index (χ0v) is 10.6. The maximum atomic E-state index is 13.0. The van der Waals surface area contributed by atoms with E-state index in [1.165, 1.54) is 12.1 Å². The molecule has 0 radical (unpaired) electrons. The Labute approximate surface area is 101 Å². The van der Waals surface area contributed by atoms with Gasteiger partial charge in [0.15, 0.2) is 9.84 Å². The highest BCUT2D eigenvalue weighted by molar-refractivity contribution is 7.91. The third kappa shape index (κ3) is 4.83. The predicted molar refractivity (Wildman–Crippen MR) is 65.2 cm³/mol. The molecular formula is C12H17FO3S. The average Bonchev–Trinajstić information content (AvgIpc) is 2.26. The Balaban J connectivity index is 2.69. The van der Waals surface area contributed by atoms with E-state index in [1.54, 1.807) is 19.1 Å². The molecule has 0 bridgehead atoms. The first-order chi connectivity index (χ1) is 7.94. The molecule has 0 aliphatic heterocycles. The summed E-state index contributed by atoms with van der Waals surface area (Å²) in [5.41, 5.74) is 0.678. The molecule has 1 atom stereocenters. The fourth-order valence-corrected chi connectivity index (χ4v) is 3.35. The molecule has 0 aromatic heterocycles. The van der Waals surface area contributed by atoms with Crippen LogP contribution in [0.15, 0.2) is 24.3 Å². The normalized spacial score (nSPS) is 13.6. The van der Waals surface area contributed by atoms with Gasteiger partial charge in [-0.3, -0.25) is 0 Å². The molecule has 1 N–H and O–H groups in total. The Kier molecular flexibility index (Phi) is 5.08. The van der Waals surface area contributed by atoms with Crippen LogP contribution < -0.4 is 0 Å². The first-order valence-corrected chi connectivity index (χ1v) is 7.33. The second kappa shape index (κ2) is 6.12. The van der Waals surface area contributed by atoms with Crippen LogP contribution in [0.25, 0.3) is 0 Å². The minimum atomic E-state index is -3.19. The summed E-state index contributed by atoms with van der Waals surface area (Å²) in [4.78, 5) is 0. The predicted octanol–water partition coefficient (Wildman–Crippen LogP) is 1.73. The molecule has 1 aromatic carbocycles. The molecule has 0 spiro atoms. The summed E-state index contributed by atoms with van der Waals surface area (Å²) in [6, 6.07) is 5.97. The first kappa shape index (κ1) is 14.1. The number of aliphatic hydroxyl groups is 1. The number of rotatable bonds is 6. The second-order valence-corrected chi connectivity index (χ2v) is 6.38. The second-order valence-electron chi connectivity index (χ2n) is 4.15. The van der Waals surface area contributed by atoms with Crippen molar-refractivity contribution in [3.05, 3.63) is 35.6 Å². The van der Waals surface area contributed by atoms with Crippen LogP contribution in [-0.4, -0.2) is 31.6 Å². The Morgan fingerprint density at radius 3 is 2.71 bits per heavy atom. The zero-order chi connectivity index (χ0) is 12.9. The van der Waals surface area contributed by atoms with Gasteiger partial charge in [-0.1, -0.05) is 19.1 Å².